The first kappa shape index (κ1) is 23.9. The fraction of sp³-hybridized carbons (Fsp3) is 0.500. The predicted molar refractivity (Wildman–Crippen MR) is 128 cm³/mol. The molecule has 2 rings (SSSR count). The molecule has 0 aliphatic rings. The zero-order chi connectivity index (χ0) is 21.8. The summed E-state index contributed by atoms with van der Waals surface area (Å²) in [6, 6.07) is 18.2. The van der Waals surface area contributed by atoms with E-state index in [1.807, 2.05) is 37.3 Å². The van der Waals surface area contributed by atoms with Crippen LogP contribution in [0.2, 0.25) is 0 Å². The summed E-state index contributed by atoms with van der Waals surface area (Å²) < 4.78 is 0. The van der Waals surface area contributed by atoms with Crippen LogP contribution in [0.25, 0.3) is 0 Å². The van der Waals surface area contributed by atoms with Crippen molar-refractivity contribution in [1.29, 1.82) is 0 Å². The van der Waals surface area contributed by atoms with E-state index in [4.69, 9.17) is 5.73 Å². The summed E-state index contributed by atoms with van der Waals surface area (Å²) in [7, 11) is 0. The molecule has 0 saturated heterocycles. The molecular weight excluding hydrogens is 370 g/mol. The molecule has 0 unspecified atom stereocenters. The highest BCUT2D eigenvalue weighted by molar-refractivity contribution is 5.92. The minimum Gasteiger partial charge on any atom is -0.331 e. The van der Waals surface area contributed by atoms with Gasteiger partial charge < -0.3 is 11.1 Å². The van der Waals surface area contributed by atoms with Crippen LogP contribution in [0.5, 0.6) is 0 Å². The Bertz CT molecular complexity index is 730. The monoisotopic (exact) mass is 409 g/mol. The van der Waals surface area contributed by atoms with Gasteiger partial charge in [0.05, 0.1) is 6.04 Å². The number of carbonyl (C=O) groups excluding carboxylic acids is 1. The average molecular weight is 410 g/mol. The highest BCUT2D eigenvalue weighted by atomic mass is 16.2. The first-order valence-corrected chi connectivity index (χ1v) is 11.5. The standard InChI is InChI=1S/C26H39N3O/c1-4-6-7-9-13-22-16-18-25(19-17-22)29(20-24(27)12-5-2)26(30)28-21(3)23-14-10-8-11-15-23/h8,10-11,14-19,21,24H,4-7,9,12-13,20,27H2,1-3H3,(H,28,30)/t21-,24-/m0/s1. The third-order valence-corrected chi connectivity index (χ3v) is 5.53. The quantitative estimate of drug-likeness (QED) is 0.409. The molecule has 2 atom stereocenters. The Kier molecular flexibility index (Phi) is 10.4. The summed E-state index contributed by atoms with van der Waals surface area (Å²) in [5.74, 6) is 0. The van der Waals surface area contributed by atoms with Gasteiger partial charge in [0.15, 0.2) is 0 Å². The molecule has 3 N–H and O–H groups in total. The molecular formula is C26H39N3O. The molecule has 0 heterocycles. The van der Waals surface area contributed by atoms with Gasteiger partial charge in [-0.3, -0.25) is 4.90 Å². The Morgan fingerprint density at radius 3 is 2.30 bits per heavy atom. The second-order valence-electron chi connectivity index (χ2n) is 8.22. The van der Waals surface area contributed by atoms with Gasteiger partial charge in [0, 0.05) is 18.3 Å². The number of benzene rings is 2. The highest BCUT2D eigenvalue weighted by Gasteiger charge is 2.20. The van der Waals surface area contributed by atoms with E-state index in [9.17, 15) is 4.79 Å². The summed E-state index contributed by atoms with van der Waals surface area (Å²) in [5.41, 5.74) is 9.62. The molecule has 0 aliphatic carbocycles. The number of nitrogens with one attached hydrogen (secondary N) is 1. The van der Waals surface area contributed by atoms with Crippen LogP contribution in [0, 0.1) is 0 Å². The lowest BCUT2D eigenvalue weighted by Gasteiger charge is -2.28. The maximum absolute atomic E-state index is 13.2. The lowest BCUT2D eigenvalue weighted by molar-refractivity contribution is 0.243. The molecule has 0 aromatic heterocycles. The Morgan fingerprint density at radius 1 is 0.967 bits per heavy atom. The van der Waals surface area contributed by atoms with Crippen molar-refractivity contribution in [3.8, 4) is 0 Å². The first-order chi connectivity index (χ1) is 14.5. The third-order valence-electron chi connectivity index (χ3n) is 5.53. The van der Waals surface area contributed by atoms with Gasteiger partial charge >= 0.3 is 6.03 Å². The van der Waals surface area contributed by atoms with Crippen LogP contribution in [-0.2, 0) is 6.42 Å². The molecule has 164 valence electrons. The predicted octanol–water partition coefficient (Wildman–Crippen LogP) is 6.21. The van der Waals surface area contributed by atoms with Gasteiger partial charge in [0.25, 0.3) is 0 Å². The molecule has 0 radical (unpaired) electrons. The van der Waals surface area contributed by atoms with Gasteiger partial charge in [-0.1, -0.05) is 82.0 Å². The Labute approximate surface area is 182 Å². The van der Waals surface area contributed by atoms with E-state index in [2.05, 4.69) is 43.4 Å². The Balaban J connectivity index is 2.08. The molecule has 4 heteroatoms. The van der Waals surface area contributed by atoms with E-state index in [0.29, 0.717) is 6.54 Å². The number of hydrogen-bond donors (Lipinski definition) is 2. The van der Waals surface area contributed by atoms with Crippen molar-refractivity contribution in [1.82, 2.24) is 5.32 Å². The Hall–Kier alpha value is -2.33. The maximum Gasteiger partial charge on any atom is 0.322 e. The molecule has 2 aromatic carbocycles. The summed E-state index contributed by atoms with van der Waals surface area (Å²) in [4.78, 5) is 14.9. The van der Waals surface area contributed by atoms with Gasteiger partial charge in [-0.15, -0.1) is 0 Å². The van der Waals surface area contributed by atoms with Gasteiger partial charge in [-0.25, -0.2) is 4.79 Å². The van der Waals surface area contributed by atoms with Crippen LogP contribution < -0.4 is 16.0 Å². The van der Waals surface area contributed by atoms with Crippen molar-refractivity contribution in [3.63, 3.8) is 0 Å². The van der Waals surface area contributed by atoms with Crippen molar-refractivity contribution in [2.24, 2.45) is 5.73 Å². The fourth-order valence-corrected chi connectivity index (χ4v) is 3.69. The normalized spacial score (nSPS) is 12.9. The molecule has 0 saturated carbocycles. The number of amides is 2. The van der Waals surface area contributed by atoms with E-state index in [-0.39, 0.29) is 18.1 Å². The molecule has 2 amide bonds. The number of rotatable bonds is 12. The van der Waals surface area contributed by atoms with Crippen LogP contribution >= 0.6 is 0 Å². The summed E-state index contributed by atoms with van der Waals surface area (Å²) in [6.45, 7) is 6.87. The zero-order valence-electron chi connectivity index (χ0n) is 18.9. The SMILES string of the molecule is CCCCCCc1ccc(N(C[C@@H](N)CCC)C(=O)N[C@@H](C)c2ccccc2)cc1. The molecule has 0 fully saturated rings. The van der Waals surface area contributed by atoms with E-state index >= 15 is 0 Å². The second-order valence-corrected chi connectivity index (χ2v) is 8.22. The topological polar surface area (TPSA) is 58.4 Å². The summed E-state index contributed by atoms with van der Waals surface area (Å²) in [5, 5.41) is 3.14. The van der Waals surface area contributed by atoms with Crippen LogP contribution in [0.15, 0.2) is 54.6 Å². The lowest BCUT2D eigenvalue weighted by atomic mass is 10.1. The van der Waals surface area contributed by atoms with Gasteiger partial charge in [0.2, 0.25) is 0 Å². The van der Waals surface area contributed by atoms with Crippen molar-refractivity contribution in [3.05, 3.63) is 65.7 Å². The van der Waals surface area contributed by atoms with E-state index in [1.165, 1.54) is 31.2 Å². The van der Waals surface area contributed by atoms with Crippen LogP contribution in [0.1, 0.15) is 76.5 Å². The summed E-state index contributed by atoms with van der Waals surface area (Å²) >= 11 is 0. The first-order valence-electron chi connectivity index (χ1n) is 11.5. The number of unbranched alkanes of at least 4 members (excludes halogenated alkanes) is 3. The van der Waals surface area contributed by atoms with Crippen molar-refractivity contribution < 1.29 is 4.79 Å². The highest BCUT2D eigenvalue weighted by Crippen LogP contribution is 2.20. The smallest absolute Gasteiger partial charge is 0.322 e. The molecule has 0 bridgehead atoms. The number of nitrogens with zero attached hydrogens (tertiary/aromatic N) is 1. The van der Waals surface area contributed by atoms with Gasteiger partial charge in [-0.2, -0.15) is 0 Å². The van der Waals surface area contributed by atoms with Gasteiger partial charge in [-0.05, 0) is 49.4 Å². The zero-order valence-corrected chi connectivity index (χ0v) is 18.9. The third kappa shape index (κ3) is 7.83. The van der Waals surface area contributed by atoms with Crippen LogP contribution in [-0.4, -0.2) is 18.6 Å². The minimum absolute atomic E-state index is 0.0403. The van der Waals surface area contributed by atoms with Crippen molar-refractivity contribution in [2.75, 3.05) is 11.4 Å². The summed E-state index contributed by atoms with van der Waals surface area (Å²) in [6.07, 6.45) is 8.03. The number of carbonyl (C=O) groups is 1. The fourth-order valence-electron chi connectivity index (χ4n) is 3.69. The van der Waals surface area contributed by atoms with Crippen molar-refractivity contribution >= 4 is 11.7 Å². The van der Waals surface area contributed by atoms with Crippen molar-refractivity contribution in [2.45, 2.75) is 77.8 Å². The van der Waals surface area contributed by atoms with Crippen LogP contribution in [0.4, 0.5) is 10.5 Å². The van der Waals surface area contributed by atoms with E-state index < -0.39 is 0 Å². The maximum atomic E-state index is 13.2. The second kappa shape index (κ2) is 13.1. The molecule has 0 spiro atoms. The number of nitrogens with two attached hydrogens (primary N) is 1. The molecule has 2 aromatic rings. The molecule has 0 aliphatic heterocycles. The van der Waals surface area contributed by atoms with E-state index in [0.717, 1.165) is 30.5 Å². The largest absolute Gasteiger partial charge is 0.331 e. The number of aryl methyl sites for hydroxylation is 1. The van der Waals surface area contributed by atoms with Crippen LogP contribution in [0.3, 0.4) is 0 Å². The molecule has 4 nitrogen and oxygen atoms in total. The average Bonchev–Trinajstić information content (AvgIpc) is 2.76. The Morgan fingerprint density at radius 2 is 1.67 bits per heavy atom. The number of urea groups is 1. The minimum atomic E-state index is -0.103. The number of hydrogen-bond acceptors (Lipinski definition) is 2. The molecule has 30 heavy (non-hydrogen) atoms. The van der Waals surface area contributed by atoms with Gasteiger partial charge in [0.1, 0.15) is 0 Å². The lowest BCUT2D eigenvalue weighted by Crippen LogP contribution is -2.47. The van der Waals surface area contributed by atoms with E-state index in [1.54, 1.807) is 4.90 Å². The number of anilines is 1.